The summed E-state index contributed by atoms with van der Waals surface area (Å²) in [6, 6.07) is 4.01. The van der Waals surface area contributed by atoms with E-state index in [4.69, 9.17) is 9.47 Å². The summed E-state index contributed by atoms with van der Waals surface area (Å²) < 4.78 is 12.6. The number of ether oxygens (including phenoxy) is 2. The Hall–Kier alpha value is -0.740. The lowest BCUT2D eigenvalue weighted by atomic mass is 9.90. The van der Waals surface area contributed by atoms with E-state index in [1.165, 1.54) is 18.4 Å². The number of hydrogen-bond donors (Lipinski definition) is 1. The van der Waals surface area contributed by atoms with Gasteiger partial charge in [-0.05, 0) is 45.4 Å². The average molecular weight is 328 g/mol. The van der Waals surface area contributed by atoms with Crippen LogP contribution in [0.15, 0.2) is 16.6 Å². The van der Waals surface area contributed by atoms with Gasteiger partial charge in [0.2, 0.25) is 0 Å². The molecule has 1 heterocycles. The van der Waals surface area contributed by atoms with Gasteiger partial charge in [-0.1, -0.05) is 15.9 Å². The highest BCUT2D eigenvalue weighted by Crippen LogP contribution is 2.43. The number of halogens is 1. The van der Waals surface area contributed by atoms with Gasteiger partial charge in [-0.15, -0.1) is 0 Å². The van der Waals surface area contributed by atoms with Gasteiger partial charge < -0.3 is 14.8 Å². The van der Waals surface area contributed by atoms with Crippen molar-refractivity contribution in [3.63, 3.8) is 0 Å². The zero-order valence-corrected chi connectivity index (χ0v) is 13.4. The smallest absolute Gasteiger partial charge is 0.166 e. The summed E-state index contributed by atoms with van der Waals surface area (Å²) in [4.78, 5) is 0. The van der Waals surface area contributed by atoms with Crippen LogP contribution < -0.4 is 14.8 Å². The van der Waals surface area contributed by atoms with Crippen molar-refractivity contribution in [3.8, 4) is 11.5 Å². The minimum atomic E-state index is 0.137. The van der Waals surface area contributed by atoms with Gasteiger partial charge in [0.25, 0.3) is 0 Å². The van der Waals surface area contributed by atoms with Crippen LogP contribution in [0.25, 0.3) is 0 Å². The number of piperidine rings is 1. The molecule has 4 heteroatoms. The Morgan fingerprint density at radius 2 is 2.16 bits per heavy atom. The predicted molar refractivity (Wildman–Crippen MR) is 81.3 cm³/mol. The molecule has 1 unspecified atom stereocenters. The van der Waals surface area contributed by atoms with Crippen LogP contribution in [0.2, 0.25) is 0 Å². The van der Waals surface area contributed by atoms with Gasteiger partial charge >= 0.3 is 0 Å². The molecule has 1 aromatic carbocycles. The topological polar surface area (TPSA) is 30.5 Å². The molecular weight excluding hydrogens is 306 g/mol. The van der Waals surface area contributed by atoms with Gasteiger partial charge in [-0.3, -0.25) is 0 Å². The first-order chi connectivity index (χ1) is 9.13. The van der Waals surface area contributed by atoms with Gasteiger partial charge in [-0.2, -0.15) is 0 Å². The number of rotatable bonds is 4. The quantitative estimate of drug-likeness (QED) is 0.914. The molecule has 1 N–H and O–H groups in total. The summed E-state index contributed by atoms with van der Waals surface area (Å²) in [5.74, 6) is 2.19. The van der Waals surface area contributed by atoms with E-state index in [-0.39, 0.29) is 6.10 Å². The zero-order valence-electron chi connectivity index (χ0n) is 11.8. The molecule has 1 aliphatic heterocycles. The minimum Gasteiger partial charge on any atom is -0.493 e. The SMILES string of the molecule is COc1ccc(Br)c(C2CCCNC2)c1OC(C)C. The maximum Gasteiger partial charge on any atom is 0.166 e. The molecule has 0 bridgehead atoms. The highest BCUT2D eigenvalue weighted by Gasteiger charge is 2.24. The molecule has 1 aliphatic rings. The first-order valence-electron chi connectivity index (χ1n) is 6.87. The number of methoxy groups -OCH3 is 1. The van der Waals surface area contributed by atoms with Crippen LogP contribution in [0.4, 0.5) is 0 Å². The Bertz CT molecular complexity index is 428. The number of nitrogens with one attached hydrogen (secondary N) is 1. The van der Waals surface area contributed by atoms with Crippen molar-refractivity contribution >= 4 is 15.9 Å². The van der Waals surface area contributed by atoms with E-state index in [1.54, 1.807) is 7.11 Å². The van der Waals surface area contributed by atoms with Gasteiger partial charge in [-0.25, -0.2) is 0 Å². The number of benzene rings is 1. The minimum absolute atomic E-state index is 0.137. The molecule has 0 radical (unpaired) electrons. The van der Waals surface area contributed by atoms with E-state index >= 15 is 0 Å². The monoisotopic (exact) mass is 327 g/mol. The molecule has 3 nitrogen and oxygen atoms in total. The van der Waals surface area contributed by atoms with Crippen molar-refractivity contribution in [1.29, 1.82) is 0 Å². The van der Waals surface area contributed by atoms with E-state index in [0.717, 1.165) is 29.1 Å². The van der Waals surface area contributed by atoms with E-state index in [2.05, 4.69) is 27.3 Å². The molecule has 0 spiro atoms. The largest absolute Gasteiger partial charge is 0.493 e. The second-order valence-electron chi connectivity index (χ2n) is 5.20. The van der Waals surface area contributed by atoms with Gasteiger partial charge in [0, 0.05) is 22.5 Å². The predicted octanol–water partition coefficient (Wildman–Crippen LogP) is 3.71. The third-order valence-corrected chi connectivity index (χ3v) is 4.08. The molecule has 0 aliphatic carbocycles. The van der Waals surface area contributed by atoms with Crippen LogP contribution in [-0.4, -0.2) is 26.3 Å². The maximum absolute atomic E-state index is 6.02. The molecule has 1 aromatic rings. The van der Waals surface area contributed by atoms with Crippen molar-refractivity contribution < 1.29 is 9.47 Å². The average Bonchev–Trinajstić information content (AvgIpc) is 2.39. The highest BCUT2D eigenvalue weighted by atomic mass is 79.9. The first-order valence-corrected chi connectivity index (χ1v) is 7.66. The van der Waals surface area contributed by atoms with Crippen molar-refractivity contribution in [2.75, 3.05) is 20.2 Å². The van der Waals surface area contributed by atoms with Gasteiger partial charge in [0.15, 0.2) is 11.5 Å². The Kier molecular flexibility index (Phi) is 5.11. The standard InChI is InChI=1S/C15H22BrNO2/c1-10(2)19-15-13(18-3)7-6-12(16)14(15)11-5-4-8-17-9-11/h6-7,10-11,17H,4-5,8-9H2,1-3H3. The Labute approximate surface area is 123 Å². The number of hydrogen-bond acceptors (Lipinski definition) is 3. The lowest BCUT2D eigenvalue weighted by Crippen LogP contribution is -2.29. The second kappa shape index (κ2) is 6.62. The molecular formula is C15H22BrNO2. The molecule has 1 atom stereocenters. The molecule has 19 heavy (non-hydrogen) atoms. The van der Waals surface area contributed by atoms with Crippen LogP contribution in [0.1, 0.15) is 38.2 Å². The van der Waals surface area contributed by atoms with E-state index < -0.39 is 0 Å². The Morgan fingerprint density at radius 3 is 2.74 bits per heavy atom. The third-order valence-electron chi connectivity index (χ3n) is 3.39. The molecule has 1 fully saturated rings. The summed E-state index contributed by atoms with van der Waals surface area (Å²) in [5.41, 5.74) is 1.24. The molecule has 1 saturated heterocycles. The maximum atomic E-state index is 6.02. The summed E-state index contributed by atoms with van der Waals surface area (Å²) >= 11 is 3.67. The van der Waals surface area contributed by atoms with Gasteiger partial charge in [0.05, 0.1) is 13.2 Å². The van der Waals surface area contributed by atoms with Crippen LogP contribution in [-0.2, 0) is 0 Å². The van der Waals surface area contributed by atoms with Gasteiger partial charge in [0.1, 0.15) is 0 Å². The van der Waals surface area contributed by atoms with Crippen molar-refractivity contribution in [3.05, 3.63) is 22.2 Å². The zero-order chi connectivity index (χ0) is 13.8. The van der Waals surface area contributed by atoms with Crippen molar-refractivity contribution in [2.45, 2.75) is 38.7 Å². The fourth-order valence-corrected chi connectivity index (χ4v) is 3.19. The van der Waals surface area contributed by atoms with Crippen molar-refractivity contribution in [2.24, 2.45) is 0 Å². The van der Waals surface area contributed by atoms with E-state index in [0.29, 0.717) is 5.92 Å². The highest BCUT2D eigenvalue weighted by molar-refractivity contribution is 9.10. The van der Waals surface area contributed by atoms with Crippen LogP contribution in [0.3, 0.4) is 0 Å². The summed E-state index contributed by atoms with van der Waals surface area (Å²) in [7, 11) is 1.69. The summed E-state index contributed by atoms with van der Waals surface area (Å²) in [6.45, 7) is 6.20. The molecule has 2 rings (SSSR count). The molecule has 0 aromatic heterocycles. The van der Waals surface area contributed by atoms with Crippen LogP contribution >= 0.6 is 15.9 Å². The van der Waals surface area contributed by atoms with E-state index in [1.807, 2.05) is 19.9 Å². The third kappa shape index (κ3) is 3.42. The molecule has 0 saturated carbocycles. The molecule has 106 valence electrons. The van der Waals surface area contributed by atoms with E-state index in [9.17, 15) is 0 Å². The van der Waals surface area contributed by atoms with Crippen molar-refractivity contribution in [1.82, 2.24) is 5.32 Å². The first kappa shape index (κ1) is 14.7. The lowest BCUT2D eigenvalue weighted by molar-refractivity contribution is 0.225. The fourth-order valence-electron chi connectivity index (χ4n) is 2.55. The molecule has 0 amide bonds. The van der Waals surface area contributed by atoms with Crippen LogP contribution in [0, 0.1) is 0 Å². The second-order valence-corrected chi connectivity index (χ2v) is 6.06. The lowest BCUT2D eigenvalue weighted by Gasteiger charge is -2.27. The Morgan fingerprint density at radius 1 is 1.37 bits per heavy atom. The summed E-state index contributed by atoms with van der Waals surface area (Å²) in [6.07, 6.45) is 2.53. The normalized spacial score (nSPS) is 19.5. The van der Waals surface area contributed by atoms with Crippen LogP contribution in [0.5, 0.6) is 11.5 Å². The Balaban J connectivity index is 2.42. The fraction of sp³-hybridized carbons (Fsp3) is 0.600. The summed E-state index contributed by atoms with van der Waals surface area (Å²) in [5, 5.41) is 3.46.